The van der Waals surface area contributed by atoms with Gasteiger partial charge in [0.15, 0.2) is 12.4 Å². The normalized spacial score (nSPS) is 15.2. The molecule has 1 fully saturated rings. The lowest BCUT2D eigenvalue weighted by Gasteiger charge is -2.23. The van der Waals surface area contributed by atoms with Crippen LogP contribution in [0.5, 0.6) is 5.75 Å². The molecule has 0 unspecified atom stereocenters. The molecular formula is C29H21ClN2O5S2. The minimum atomic E-state index is -1.14. The van der Waals surface area contributed by atoms with Crippen molar-refractivity contribution in [3.63, 3.8) is 0 Å². The van der Waals surface area contributed by atoms with Gasteiger partial charge in [0.1, 0.15) is 16.1 Å². The fourth-order valence-corrected chi connectivity index (χ4v) is 5.71. The molecule has 3 aromatic carbocycles. The average Bonchev–Trinajstić information content (AvgIpc) is 3.46. The number of hydrogen-bond donors (Lipinski definition) is 2. The van der Waals surface area contributed by atoms with Gasteiger partial charge in [-0.2, -0.15) is 0 Å². The SMILES string of the molecule is O=C(COc1ccc(/C=C2\SC(=S)N([C@@H](Cc3c[nH]c4ccccc34)C(=O)O)C2=O)cc1)c1ccc(Cl)cc1. The highest BCUT2D eigenvalue weighted by molar-refractivity contribution is 8.26. The van der Waals surface area contributed by atoms with Gasteiger partial charge in [-0.3, -0.25) is 14.5 Å². The molecule has 7 nitrogen and oxygen atoms in total. The third-order valence-electron chi connectivity index (χ3n) is 6.22. The van der Waals surface area contributed by atoms with E-state index in [-0.39, 0.29) is 23.1 Å². The number of fused-ring (bicyclic) bond motifs is 1. The Morgan fingerprint density at radius 2 is 1.79 bits per heavy atom. The molecule has 0 spiro atoms. The fraction of sp³-hybridized carbons (Fsp3) is 0.103. The largest absolute Gasteiger partial charge is 0.485 e. The number of thiocarbonyl (C=S) groups is 1. The van der Waals surface area contributed by atoms with E-state index in [9.17, 15) is 19.5 Å². The number of rotatable bonds is 9. The van der Waals surface area contributed by atoms with Crippen molar-refractivity contribution in [3.8, 4) is 5.75 Å². The number of nitrogens with zero attached hydrogens (tertiary/aromatic N) is 1. The minimum absolute atomic E-state index is 0.111. The van der Waals surface area contributed by atoms with Crippen LogP contribution in [0, 0.1) is 0 Å². The number of amides is 1. The van der Waals surface area contributed by atoms with E-state index in [2.05, 4.69) is 4.98 Å². The van der Waals surface area contributed by atoms with Crippen LogP contribution >= 0.6 is 35.6 Å². The van der Waals surface area contributed by atoms with Crippen molar-refractivity contribution in [2.24, 2.45) is 0 Å². The summed E-state index contributed by atoms with van der Waals surface area (Å²) in [5, 5.41) is 11.4. The molecule has 2 N–H and O–H groups in total. The van der Waals surface area contributed by atoms with Gasteiger partial charge in [-0.25, -0.2) is 4.79 Å². The van der Waals surface area contributed by atoms with Crippen LogP contribution < -0.4 is 4.74 Å². The summed E-state index contributed by atoms with van der Waals surface area (Å²) in [7, 11) is 0. The van der Waals surface area contributed by atoms with Gasteiger partial charge in [-0.1, -0.05) is 65.9 Å². The Labute approximate surface area is 238 Å². The van der Waals surface area contributed by atoms with Gasteiger partial charge < -0.3 is 14.8 Å². The highest BCUT2D eigenvalue weighted by Crippen LogP contribution is 2.35. The lowest BCUT2D eigenvalue weighted by atomic mass is 10.0. The number of ether oxygens (including phenoxy) is 1. The third-order valence-corrected chi connectivity index (χ3v) is 7.80. The Balaban J connectivity index is 1.27. The molecular weight excluding hydrogens is 556 g/mol. The van der Waals surface area contributed by atoms with E-state index in [1.165, 1.54) is 4.90 Å². The fourth-order valence-electron chi connectivity index (χ4n) is 4.23. The van der Waals surface area contributed by atoms with Crippen LogP contribution in [-0.4, -0.2) is 49.6 Å². The van der Waals surface area contributed by atoms with Crippen LogP contribution in [-0.2, 0) is 16.0 Å². The molecule has 1 amide bonds. The monoisotopic (exact) mass is 576 g/mol. The molecule has 0 bridgehead atoms. The highest BCUT2D eigenvalue weighted by atomic mass is 35.5. The summed E-state index contributed by atoms with van der Waals surface area (Å²) in [6.07, 6.45) is 3.53. The first kappa shape index (κ1) is 26.7. The molecule has 10 heteroatoms. The van der Waals surface area contributed by atoms with Crippen LogP contribution in [0.4, 0.5) is 0 Å². The lowest BCUT2D eigenvalue weighted by Crippen LogP contribution is -2.45. The number of aliphatic carboxylic acids is 1. The zero-order chi connectivity index (χ0) is 27.5. The first-order chi connectivity index (χ1) is 18.8. The van der Waals surface area contributed by atoms with E-state index >= 15 is 0 Å². The number of aromatic nitrogens is 1. The van der Waals surface area contributed by atoms with Gasteiger partial charge in [0.05, 0.1) is 4.91 Å². The van der Waals surface area contributed by atoms with E-state index in [1.54, 1.807) is 60.8 Å². The van der Waals surface area contributed by atoms with Crippen molar-refractivity contribution in [2.75, 3.05) is 6.61 Å². The van der Waals surface area contributed by atoms with Crippen LogP contribution in [0.25, 0.3) is 17.0 Å². The molecule has 1 aromatic heterocycles. The number of carboxylic acids is 1. The number of aromatic amines is 1. The van der Waals surface area contributed by atoms with E-state index < -0.39 is 17.9 Å². The van der Waals surface area contributed by atoms with Crippen molar-refractivity contribution in [1.29, 1.82) is 0 Å². The number of Topliss-reactive ketones (excluding diaryl/α,β-unsaturated/α-hetero) is 1. The summed E-state index contributed by atoms with van der Waals surface area (Å²) in [6.45, 7) is -0.132. The van der Waals surface area contributed by atoms with Gasteiger partial charge in [-0.15, -0.1) is 0 Å². The Morgan fingerprint density at radius 1 is 1.08 bits per heavy atom. The topological polar surface area (TPSA) is 99.7 Å². The molecule has 0 saturated carbocycles. The van der Waals surface area contributed by atoms with Gasteiger partial charge in [0.25, 0.3) is 5.91 Å². The number of carbonyl (C=O) groups is 3. The van der Waals surface area contributed by atoms with Crippen LogP contribution in [0.3, 0.4) is 0 Å². The predicted molar refractivity (Wildman–Crippen MR) is 156 cm³/mol. The number of hydrogen-bond acceptors (Lipinski definition) is 6. The second-order valence-electron chi connectivity index (χ2n) is 8.76. The average molecular weight is 577 g/mol. The maximum absolute atomic E-state index is 13.3. The Morgan fingerprint density at radius 3 is 2.51 bits per heavy atom. The molecule has 2 heterocycles. The number of para-hydroxylation sites is 1. The Bertz CT molecular complexity index is 1610. The lowest BCUT2D eigenvalue weighted by molar-refractivity contribution is -0.145. The number of carbonyl (C=O) groups excluding carboxylic acids is 2. The number of ketones is 1. The standard InChI is InChI=1S/C29H21ClN2O5S2/c30-20-9-7-18(8-10-20)25(33)16-37-21-11-5-17(6-12-21)13-26-27(34)32(29(38)39-26)24(28(35)36)14-19-15-31-23-4-2-1-3-22(19)23/h1-13,15,24,31H,14,16H2,(H,35,36)/b26-13-/t24-/m0/s1. The summed E-state index contributed by atoms with van der Waals surface area (Å²) < 4.78 is 5.79. The summed E-state index contributed by atoms with van der Waals surface area (Å²) in [5.41, 5.74) is 2.89. The quantitative estimate of drug-likeness (QED) is 0.144. The Hall–Kier alpha value is -3.92. The van der Waals surface area contributed by atoms with Crippen molar-refractivity contribution in [2.45, 2.75) is 12.5 Å². The summed E-state index contributed by atoms with van der Waals surface area (Å²) >= 11 is 12.3. The maximum Gasteiger partial charge on any atom is 0.327 e. The molecule has 0 aliphatic carbocycles. The van der Waals surface area contributed by atoms with Crippen molar-refractivity contribution >= 4 is 74.5 Å². The number of halogens is 1. The molecule has 5 rings (SSSR count). The van der Waals surface area contributed by atoms with Gasteiger partial charge in [0, 0.05) is 34.1 Å². The van der Waals surface area contributed by atoms with Crippen molar-refractivity contribution in [1.82, 2.24) is 9.88 Å². The number of benzene rings is 3. The van der Waals surface area contributed by atoms with E-state index in [0.717, 1.165) is 28.2 Å². The molecule has 196 valence electrons. The maximum atomic E-state index is 13.3. The Kier molecular flexibility index (Phi) is 7.83. The van der Waals surface area contributed by atoms with Gasteiger partial charge >= 0.3 is 5.97 Å². The summed E-state index contributed by atoms with van der Waals surface area (Å²) in [6, 6.07) is 19.9. The van der Waals surface area contributed by atoms with Gasteiger partial charge in [-0.05, 0) is 59.7 Å². The number of nitrogens with one attached hydrogen (secondary N) is 1. The zero-order valence-corrected chi connectivity index (χ0v) is 22.7. The summed E-state index contributed by atoms with van der Waals surface area (Å²) in [5.74, 6) is -1.27. The second-order valence-corrected chi connectivity index (χ2v) is 10.9. The van der Waals surface area contributed by atoms with E-state index in [1.807, 2.05) is 24.3 Å². The first-order valence-corrected chi connectivity index (χ1v) is 13.5. The van der Waals surface area contributed by atoms with E-state index in [4.69, 9.17) is 28.6 Å². The van der Waals surface area contributed by atoms with Gasteiger partial charge in [0.2, 0.25) is 0 Å². The van der Waals surface area contributed by atoms with Crippen molar-refractivity contribution in [3.05, 3.63) is 106 Å². The smallest absolute Gasteiger partial charge is 0.327 e. The molecule has 1 aliphatic heterocycles. The second kappa shape index (κ2) is 11.4. The molecule has 1 saturated heterocycles. The molecule has 39 heavy (non-hydrogen) atoms. The highest BCUT2D eigenvalue weighted by Gasteiger charge is 2.40. The third kappa shape index (κ3) is 5.90. The molecule has 1 atom stereocenters. The van der Waals surface area contributed by atoms with Crippen molar-refractivity contribution < 1.29 is 24.2 Å². The molecule has 1 aliphatic rings. The van der Waals surface area contributed by atoms with Crippen LogP contribution in [0.15, 0.2) is 83.9 Å². The first-order valence-electron chi connectivity index (χ1n) is 11.9. The molecule has 4 aromatic rings. The summed E-state index contributed by atoms with van der Waals surface area (Å²) in [4.78, 5) is 42.4. The minimum Gasteiger partial charge on any atom is -0.485 e. The van der Waals surface area contributed by atoms with Crippen LogP contribution in [0.1, 0.15) is 21.5 Å². The predicted octanol–water partition coefficient (Wildman–Crippen LogP) is 5.98. The number of thioether (sulfide) groups is 1. The van der Waals surface area contributed by atoms with Crippen LogP contribution in [0.2, 0.25) is 5.02 Å². The molecule has 0 radical (unpaired) electrons. The number of H-pyrrole nitrogens is 1. The zero-order valence-electron chi connectivity index (χ0n) is 20.3. The van der Waals surface area contributed by atoms with E-state index in [0.29, 0.717) is 26.8 Å². The number of carboxylic acid groups (broad SMARTS) is 1.